The number of methoxy groups -OCH3 is 1. The number of aromatic amines is 1. The molecule has 0 spiro atoms. The number of hydrogen-bond acceptors (Lipinski definition) is 6. The molecule has 0 unspecified atom stereocenters. The molecule has 0 radical (unpaired) electrons. The highest BCUT2D eigenvalue weighted by Gasteiger charge is 2.40. The van der Waals surface area contributed by atoms with Gasteiger partial charge in [0.25, 0.3) is 5.56 Å². The first kappa shape index (κ1) is 21.9. The molecule has 1 fully saturated rings. The SMILES string of the molecule is COc1cccc2c1[C@@H]1CN(CCCCn3c(=O)[nH]c4c(ccc5ccncc54)c3=O)C[C@H]1CO2. The smallest absolute Gasteiger partial charge is 0.328 e. The third-order valence-electron chi connectivity index (χ3n) is 7.47. The van der Waals surface area contributed by atoms with Crippen molar-refractivity contribution in [2.75, 3.05) is 33.4 Å². The maximum atomic E-state index is 13.1. The summed E-state index contributed by atoms with van der Waals surface area (Å²) in [6.07, 6.45) is 5.05. The van der Waals surface area contributed by atoms with Gasteiger partial charge in [-0.05, 0) is 49.0 Å². The standard InChI is InChI=1S/C27H28N4O4/c1-34-22-5-4-6-23-24(22)21-15-30(14-18(21)16-35-23)11-2-3-12-31-26(32)19-8-7-17-9-10-28-13-20(17)25(19)29-27(31)33/h4-10,13,18,21H,2-3,11-12,14-16H2,1H3,(H,29,33)/t18-,21+/m0/s1. The molecule has 0 bridgehead atoms. The Bertz CT molecular complexity index is 1510. The number of ether oxygens (including phenoxy) is 2. The van der Waals surface area contributed by atoms with Crippen molar-refractivity contribution in [1.29, 1.82) is 0 Å². The summed E-state index contributed by atoms with van der Waals surface area (Å²) in [6, 6.07) is 11.5. The highest BCUT2D eigenvalue weighted by atomic mass is 16.5. The molecule has 8 heteroatoms. The van der Waals surface area contributed by atoms with Gasteiger partial charge in [0.15, 0.2) is 0 Å². The van der Waals surface area contributed by atoms with Crippen LogP contribution in [-0.4, -0.2) is 52.8 Å². The Kier molecular flexibility index (Phi) is 5.53. The van der Waals surface area contributed by atoms with Crippen LogP contribution in [0, 0.1) is 5.92 Å². The molecular formula is C27H28N4O4. The molecule has 35 heavy (non-hydrogen) atoms. The summed E-state index contributed by atoms with van der Waals surface area (Å²) in [5, 5.41) is 2.24. The van der Waals surface area contributed by atoms with Crippen LogP contribution in [0.4, 0.5) is 0 Å². The average molecular weight is 473 g/mol. The summed E-state index contributed by atoms with van der Waals surface area (Å²) in [4.78, 5) is 35.3. The summed E-state index contributed by atoms with van der Waals surface area (Å²) >= 11 is 0. The lowest BCUT2D eigenvalue weighted by molar-refractivity contribution is 0.209. The average Bonchev–Trinajstić information content (AvgIpc) is 3.31. The van der Waals surface area contributed by atoms with Crippen molar-refractivity contribution >= 4 is 21.7 Å². The summed E-state index contributed by atoms with van der Waals surface area (Å²) < 4.78 is 12.9. The van der Waals surface area contributed by atoms with Crippen molar-refractivity contribution in [2.24, 2.45) is 5.92 Å². The molecule has 0 saturated carbocycles. The van der Waals surface area contributed by atoms with Crippen molar-refractivity contribution in [1.82, 2.24) is 19.4 Å². The highest BCUT2D eigenvalue weighted by molar-refractivity contribution is 6.04. The minimum atomic E-state index is -0.369. The topological polar surface area (TPSA) is 89.5 Å². The number of nitrogens with one attached hydrogen (secondary N) is 1. The van der Waals surface area contributed by atoms with Gasteiger partial charge >= 0.3 is 5.69 Å². The van der Waals surface area contributed by atoms with Crippen LogP contribution in [0.3, 0.4) is 0 Å². The van der Waals surface area contributed by atoms with Crippen molar-refractivity contribution in [3.63, 3.8) is 0 Å². The van der Waals surface area contributed by atoms with Gasteiger partial charge in [-0.3, -0.25) is 14.3 Å². The number of pyridine rings is 1. The lowest BCUT2D eigenvalue weighted by atomic mass is 9.86. The highest BCUT2D eigenvalue weighted by Crippen LogP contribution is 2.46. The van der Waals surface area contributed by atoms with E-state index in [0.717, 1.165) is 61.4 Å². The van der Waals surface area contributed by atoms with E-state index in [1.807, 2.05) is 30.3 Å². The number of benzene rings is 2. The maximum absolute atomic E-state index is 13.1. The summed E-state index contributed by atoms with van der Waals surface area (Å²) in [5.74, 6) is 2.70. The van der Waals surface area contributed by atoms with E-state index in [0.29, 0.717) is 29.3 Å². The first-order valence-electron chi connectivity index (χ1n) is 12.2. The zero-order chi connectivity index (χ0) is 23.9. The molecule has 4 heterocycles. The molecule has 8 nitrogen and oxygen atoms in total. The van der Waals surface area contributed by atoms with Crippen LogP contribution < -0.4 is 20.7 Å². The molecule has 1 saturated heterocycles. The predicted octanol–water partition coefficient (Wildman–Crippen LogP) is 3.13. The molecule has 4 aromatic rings. The van der Waals surface area contributed by atoms with Crippen LogP contribution in [0.15, 0.2) is 58.4 Å². The Labute approximate surface area is 202 Å². The second-order valence-electron chi connectivity index (χ2n) is 9.49. The molecule has 2 aliphatic heterocycles. The number of H-pyrrole nitrogens is 1. The first-order chi connectivity index (χ1) is 17.1. The molecule has 2 aromatic carbocycles. The fourth-order valence-electron chi connectivity index (χ4n) is 5.72. The van der Waals surface area contributed by atoms with Crippen molar-refractivity contribution in [2.45, 2.75) is 25.3 Å². The van der Waals surface area contributed by atoms with E-state index < -0.39 is 0 Å². The molecule has 2 atom stereocenters. The number of fused-ring (bicyclic) bond motifs is 6. The first-order valence-corrected chi connectivity index (χ1v) is 12.2. The molecule has 0 amide bonds. The number of unbranched alkanes of at least 4 members (excludes halogenated alkanes) is 1. The van der Waals surface area contributed by atoms with Crippen molar-refractivity contribution in [3.05, 3.63) is 75.2 Å². The zero-order valence-electron chi connectivity index (χ0n) is 19.7. The lowest BCUT2D eigenvalue weighted by Gasteiger charge is -2.29. The maximum Gasteiger partial charge on any atom is 0.328 e. The van der Waals surface area contributed by atoms with E-state index in [1.54, 1.807) is 25.6 Å². The van der Waals surface area contributed by atoms with Gasteiger partial charge in [0.05, 0.1) is 24.6 Å². The number of nitrogens with zero attached hydrogens (tertiary/aromatic N) is 3. The largest absolute Gasteiger partial charge is 0.496 e. The lowest BCUT2D eigenvalue weighted by Crippen LogP contribution is -2.35. The van der Waals surface area contributed by atoms with Gasteiger partial charge in [0.1, 0.15) is 11.5 Å². The van der Waals surface area contributed by atoms with Crippen LogP contribution in [0.1, 0.15) is 24.3 Å². The molecule has 6 rings (SSSR count). The van der Waals surface area contributed by atoms with E-state index in [-0.39, 0.29) is 11.2 Å². The Balaban J connectivity index is 1.13. The summed E-state index contributed by atoms with van der Waals surface area (Å²) in [6.45, 7) is 4.01. The number of aromatic nitrogens is 3. The third kappa shape index (κ3) is 3.78. The van der Waals surface area contributed by atoms with Gasteiger partial charge in [-0.2, -0.15) is 0 Å². The molecule has 2 aliphatic rings. The molecule has 2 aromatic heterocycles. The van der Waals surface area contributed by atoms with Crippen LogP contribution >= 0.6 is 0 Å². The zero-order valence-corrected chi connectivity index (χ0v) is 19.7. The fourth-order valence-corrected chi connectivity index (χ4v) is 5.72. The predicted molar refractivity (Wildman–Crippen MR) is 135 cm³/mol. The van der Waals surface area contributed by atoms with Gasteiger partial charge in [-0.25, -0.2) is 4.79 Å². The minimum Gasteiger partial charge on any atom is -0.496 e. The van der Waals surface area contributed by atoms with E-state index in [4.69, 9.17) is 9.47 Å². The fraction of sp³-hybridized carbons (Fsp3) is 0.370. The van der Waals surface area contributed by atoms with Gasteiger partial charge in [0.2, 0.25) is 0 Å². The Morgan fingerprint density at radius 1 is 1.09 bits per heavy atom. The van der Waals surface area contributed by atoms with Gasteiger partial charge in [-0.1, -0.05) is 12.1 Å². The van der Waals surface area contributed by atoms with Crippen molar-refractivity contribution in [3.8, 4) is 11.5 Å². The second kappa shape index (κ2) is 8.85. The van der Waals surface area contributed by atoms with Crippen LogP contribution in [0.5, 0.6) is 11.5 Å². The molecule has 0 aliphatic carbocycles. The summed E-state index contributed by atoms with van der Waals surface area (Å²) in [5.41, 5.74) is 1.12. The molecule has 180 valence electrons. The van der Waals surface area contributed by atoms with Crippen LogP contribution in [0.2, 0.25) is 0 Å². The second-order valence-corrected chi connectivity index (χ2v) is 9.49. The van der Waals surface area contributed by atoms with Crippen molar-refractivity contribution < 1.29 is 9.47 Å². The minimum absolute atomic E-state index is 0.248. The van der Waals surface area contributed by atoms with E-state index in [9.17, 15) is 9.59 Å². The number of hydrogen-bond donors (Lipinski definition) is 1. The summed E-state index contributed by atoms with van der Waals surface area (Å²) in [7, 11) is 1.71. The van der Waals surface area contributed by atoms with Crippen LogP contribution in [0.25, 0.3) is 21.7 Å². The number of likely N-dealkylation sites (tertiary alicyclic amines) is 1. The monoisotopic (exact) mass is 472 g/mol. The number of rotatable bonds is 6. The molecular weight excluding hydrogens is 444 g/mol. The van der Waals surface area contributed by atoms with E-state index >= 15 is 0 Å². The van der Waals surface area contributed by atoms with E-state index in [1.165, 1.54) is 10.1 Å². The van der Waals surface area contributed by atoms with E-state index in [2.05, 4.69) is 14.9 Å². The quantitative estimate of drug-likeness (QED) is 0.343. The van der Waals surface area contributed by atoms with Gasteiger partial charge in [0, 0.05) is 54.8 Å². The third-order valence-corrected chi connectivity index (χ3v) is 7.47. The Hall–Kier alpha value is -3.65. The van der Waals surface area contributed by atoms with Gasteiger partial charge < -0.3 is 19.4 Å². The molecule has 1 N–H and O–H groups in total. The Morgan fingerprint density at radius 3 is 2.86 bits per heavy atom. The Morgan fingerprint density at radius 2 is 1.97 bits per heavy atom. The van der Waals surface area contributed by atoms with Crippen LogP contribution in [-0.2, 0) is 6.54 Å². The normalized spacial score (nSPS) is 19.5. The van der Waals surface area contributed by atoms with Gasteiger partial charge in [-0.15, -0.1) is 0 Å².